The smallest absolute Gasteiger partial charge is 0.0718 e. The van der Waals surface area contributed by atoms with E-state index in [0.717, 1.165) is 39.3 Å². The lowest BCUT2D eigenvalue weighted by Crippen LogP contribution is -2.50. The van der Waals surface area contributed by atoms with E-state index >= 15 is 0 Å². The first-order valence-corrected chi connectivity index (χ1v) is 4.97. The molecule has 77 valence electrons. The van der Waals surface area contributed by atoms with Gasteiger partial charge in [-0.15, -0.1) is 0 Å². The van der Waals surface area contributed by atoms with Crippen LogP contribution in [0.5, 0.6) is 0 Å². The van der Waals surface area contributed by atoms with Crippen LogP contribution in [0.2, 0.25) is 0 Å². The van der Waals surface area contributed by atoms with E-state index in [1.165, 1.54) is 0 Å². The Morgan fingerprint density at radius 2 is 1.62 bits per heavy atom. The standard InChI is InChI=1S/C10H21N2O/c1-4-11-5-7-12(8-6-11)9-10(2,3)13/h13H,1,4-9H2,2-3H3. The summed E-state index contributed by atoms with van der Waals surface area (Å²) in [6.07, 6.45) is 0. The molecule has 0 unspecified atom stereocenters. The molecule has 0 aromatic rings. The van der Waals surface area contributed by atoms with Crippen molar-refractivity contribution in [2.45, 2.75) is 19.4 Å². The van der Waals surface area contributed by atoms with E-state index in [0.29, 0.717) is 0 Å². The summed E-state index contributed by atoms with van der Waals surface area (Å²) in [6, 6.07) is 0. The first-order valence-electron chi connectivity index (χ1n) is 4.97. The van der Waals surface area contributed by atoms with Gasteiger partial charge in [0, 0.05) is 32.7 Å². The first-order chi connectivity index (χ1) is 6.01. The lowest BCUT2D eigenvalue weighted by atomic mass is 10.1. The fourth-order valence-corrected chi connectivity index (χ4v) is 1.72. The number of piperazine rings is 1. The number of hydrogen-bond donors (Lipinski definition) is 1. The van der Waals surface area contributed by atoms with Crippen LogP contribution in [0, 0.1) is 6.92 Å². The van der Waals surface area contributed by atoms with Crippen molar-refractivity contribution in [1.82, 2.24) is 9.80 Å². The van der Waals surface area contributed by atoms with Gasteiger partial charge in [0.25, 0.3) is 0 Å². The molecule has 0 aliphatic carbocycles. The highest BCUT2D eigenvalue weighted by Gasteiger charge is 2.21. The van der Waals surface area contributed by atoms with Gasteiger partial charge < -0.3 is 10.0 Å². The van der Waals surface area contributed by atoms with Gasteiger partial charge in [-0.3, -0.25) is 4.90 Å². The van der Waals surface area contributed by atoms with Gasteiger partial charge in [-0.2, -0.15) is 0 Å². The van der Waals surface area contributed by atoms with Crippen LogP contribution in [-0.4, -0.2) is 59.8 Å². The van der Waals surface area contributed by atoms with Crippen LogP contribution >= 0.6 is 0 Å². The zero-order valence-electron chi connectivity index (χ0n) is 8.79. The van der Waals surface area contributed by atoms with Gasteiger partial charge in [0.2, 0.25) is 0 Å². The molecule has 1 heterocycles. The van der Waals surface area contributed by atoms with Crippen LogP contribution in [0.3, 0.4) is 0 Å². The van der Waals surface area contributed by atoms with E-state index in [1.54, 1.807) is 0 Å². The second-order valence-electron chi connectivity index (χ2n) is 4.43. The maximum atomic E-state index is 9.63. The minimum Gasteiger partial charge on any atom is -0.389 e. The van der Waals surface area contributed by atoms with Gasteiger partial charge in [0.1, 0.15) is 0 Å². The van der Waals surface area contributed by atoms with Gasteiger partial charge in [-0.1, -0.05) is 0 Å². The summed E-state index contributed by atoms with van der Waals surface area (Å²) in [5.74, 6) is 0. The summed E-state index contributed by atoms with van der Waals surface area (Å²) in [4.78, 5) is 4.65. The molecule has 1 rings (SSSR count). The van der Waals surface area contributed by atoms with Crippen LogP contribution in [0.4, 0.5) is 0 Å². The molecule has 0 aromatic heterocycles. The summed E-state index contributed by atoms with van der Waals surface area (Å²) in [5.41, 5.74) is -0.563. The highest BCUT2D eigenvalue weighted by atomic mass is 16.3. The normalized spacial score (nSPS) is 22.2. The average molecular weight is 185 g/mol. The summed E-state index contributed by atoms with van der Waals surface area (Å²) in [7, 11) is 0. The van der Waals surface area contributed by atoms with Crippen LogP contribution in [-0.2, 0) is 0 Å². The Morgan fingerprint density at radius 1 is 1.15 bits per heavy atom. The third-order valence-corrected chi connectivity index (χ3v) is 2.39. The molecule has 1 aliphatic rings. The first kappa shape index (κ1) is 11.0. The van der Waals surface area contributed by atoms with Crippen molar-refractivity contribution >= 4 is 0 Å². The van der Waals surface area contributed by atoms with E-state index < -0.39 is 5.60 Å². The Labute approximate surface area is 81.3 Å². The minimum atomic E-state index is -0.563. The van der Waals surface area contributed by atoms with Gasteiger partial charge in [-0.05, 0) is 27.3 Å². The fourth-order valence-electron chi connectivity index (χ4n) is 1.72. The second kappa shape index (κ2) is 4.40. The Balaban J connectivity index is 2.25. The quantitative estimate of drug-likeness (QED) is 0.681. The lowest BCUT2D eigenvalue weighted by molar-refractivity contribution is 0.0192. The van der Waals surface area contributed by atoms with Crippen molar-refractivity contribution in [2.75, 3.05) is 39.3 Å². The summed E-state index contributed by atoms with van der Waals surface area (Å²) < 4.78 is 0. The second-order valence-corrected chi connectivity index (χ2v) is 4.43. The largest absolute Gasteiger partial charge is 0.389 e. The Kier molecular flexibility index (Phi) is 3.71. The molecule has 0 bridgehead atoms. The zero-order chi connectivity index (χ0) is 9.90. The molecule has 3 nitrogen and oxygen atoms in total. The molecule has 1 N–H and O–H groups in total. The monoisotopic (exact) mass is 185 g/mol. The molecule has 1 saturated heterocycles. The van der Waals surface area contributed by atoms with Crippen molar-refractivity contribution in [3.05, 3.63) is 6.92 Å². The number of β-amino-alcohol motifs (C(OH)–C–C–N with tert-alkyl or cyclic N) is 1. The summed E-state index contributed by atoms with van der Waals surface area (Å²) in [5, 5.41) is 9.63. The molecule has 0 aromatic carbocycles. The van der Waals surface area contributed by atoms with E-state index in [9.17, 15) is 5.11 Å². The SMILES string of the molecule is [CH2]CN1CCN(CC(C)(C)O)CC1. The predicted molar refractivity (Wildman–Crippen MR) is 54.5 cm³/mol. The molecule has 13 heavy (non-hydrogen) atoms. The van der Waals surface area contributed by atoms with Crippen LogP contribution in [0.1, 0.15) is 13.8 Å². The van der Waals surface area contributed by atoms with Crippen molar-refractivity contribution in [1.29, 1.82) is 0 Å². The molecule has 0 amide bonds. The zero-order valence-corrected chi connectivity index (χ0v) is 8.79. The van der Waals surface area contributed by atoms with Gasteiger partial charge in [0.15, 0.2) is 0 Å². The van der Waals surface area contributed by atoms with Crippen molar-refractivity contribution in [3.8, 4) is 0 Å². The number of aliphatic hydroxyl groups is 1. The molecule has 0 spiro atoms. The van der Waals surface area contributed by atoms with Gasteiger partial charge in [-0.25, -0.2) is 0 Å². The van der Waals surface area contributed by atoms with Crippen molar-refractivity contribution in [3.63, 3.8) is 0 Å². The van der Waals surface area contributed by atoms with Crippen LogP contribution < -0.4 is 0 Å². The lowest BCUT2D eigenvalue weighted by Gasteiger charge is -2.36. The Morgan fingerprint density at radius 3 is 2.00 bits per heavy atom. The molecule has 1 fully saturated rings. The summed E-state index contributed by atoms with van der Waals surface area (Å²) in [6.45, 7) is 13.5. The third-order valence-electron chi connectivity index (χ3n) is 2.39. The Bertz CT molecular complexity index is 145. The molecule has 0 saturated carbocycles. The molecule has 0 atom stereocenters. The van der Waals surface area contributed by atoms with Gasteiger partial charge >= 0.3 is 0 Å². The molecular formula is C10H21N2O. The molecule has 3 heteroatoms. The van der Waals surface area contributed by atoms with Crippen LogP contribution in [0.15, 0.2) is 0 Å². The molecule has 1 aliphatic heterocycles. The van der Waals surface area contributed by atoms with Gasteiger partial charge in [0.05, 0.1) is 5.60 Å². The molecule has 1 radical (unpaired) electrons. The van der Waals surface area contributed by atoms with Crippen LogP contribution in [0.25, 0.3) is 0 Å². The molecular weight excluding hydrogens is 164 g/mol. The number of nitrogens with zero attached hydrogens (tertiary/aromatic N) is 2. The highest BCUT2D eigenvalue weighted by Crippen LogP contribution is 2.07. The predicted octanol–water partition coefficient (Wildman–Crippen LogP) is 0.209. The summed E-state index contributed by atoms with van der Waals surface area (Å²) >= 11 is 0. The topological polar surface area (TPSA) is 26.7 Å². The number of hydrogen-bond acceptors (Lipinski definition) is 3. The highest BCUT2D eigenvalue weighted by molar-refractivity contribution is 4.77. The fraction of sp³-hybridized carbons (Fsp3) is 0.900. The maximum Gasteiger partial charge on any atom is 0.0718 e. The van der Waals surface area contributed by atoms with E-state index in [2.05, 4.69) is 16.7 Å². The van der Waals surface area contributed by atoms with E-state index in [4.69, 9.17) is 0 Å². The minimum absolute atomic E-state index is 0.563. The Hall–Kier alpha value is -0.120. The number of rotatable bonds is 3. The van der Waals surface area contributed by atoms with E-state index in [-0.39, 0.29) is 0 Å². The third kappa shape index (κ3) is 4.07. The van der Waals surface area contributed by atoms with Crippen molar-refractivity contribution < 1.29 is 5.11 Å². The van der Waals surface area contributed by atoms with E-state index in [1.807, 2.05) is 13.8 Å². The van der Waals surface area contributed by atoms with Crippen molar-refractivity contribution in [2.24, 2.45) is 0 Å². The maximum absolute atomic E-state index is 9.63. The average Bonchev–Trinajstić information content (AvgIpc) is 2.03.